The fourth-order valence-electron chi connectivity index (χ4n) is 6.83. The molecule has 12 heteroatoms. The van der Waals surface area contributed by atoms with Crippen molar-refractivity contribution < 1.29 is 50.5 Å². The molecule has 2 aliphatic rings. The highest BCUT2D eigenvalue weighted by Gasteiger charge is 2.44. The van der Waals surface area contributed by atoms with E-state index < -0.39 is 47.7 Å². The number of ether oxygens (including phenoxy) is 2. The van der Waals surface area contributed by atoms with E-state index in [2.05, 4.69) is 13.8 Å². The quantitative estimate of drug-likeness (QED) is 0.238. The zero-order valence-corrected chi connectivity index (χ0v) is 27.7. The third kappa shape index (κ3) is 7.28. The largest absolute Gasteiger partial charge is 0.496 e. The molecular formula is C37H37F6NO5. The first-order valence-corrected chi connectivity index (χ1v) is 15.9. The van der Waals surface area contributed by atoms with Gasteiger partial charge >= 0.3 is 24.4 Å². The zero-order valence-electron chi connectivity index (χ0n) is 27.7. The van der Waals surface area contributed by atoms with Crippen molar-refractivity contribution in [1.29, 1.82) is 0 Å². The number of benzene rings is 3. The van der Waals surface area contributed by atoms with Crippen LogP contribution in [0.3, 0.4) is 0 Å². The molecule has 1 aliphatic carbocycles. The van der Waals surface area contributed by atoms with E-state index in [0.717, 1.165) is 46.2 Å². The fraction of sp³-hybridized carbons (Fsp3) is 0.405. The lowest BCUT2D eigenvalue weighted by molar-refractivity contribution is -0.143. The maximum absolute atomic E-state index is 13.6. The smallest absolute Gasteiger partial charge is 0.416 e. The van der Waals surface area contributed by atoms with Crippen molar-refractivity contribution in [3.8, 4) is 16.9 Å². The molecule has 49 heavy (non-hydrogen) atoms. The third-order valence-electron chi connectivity index (χ3n) is 9.90. The Labute approximate surface area is 280 Å². The first-order valence-electron chi connectivity index (χ1n) is 15.9. The molecule has 1 heterocycles. The molecule has 0 aromatic heterocycles. The number of aryl methyl sites for hydroxylation is 1. The second-order valence-electron chi connectivity index (χ2n) is 13.2. The van der Waals surface area contributed by atoms with E-state index in [1.807, 2.05) is 25.1 Å². The summed E-state index contributed by atoms with van der Waals surface area (Å²) in [5, 5.41) is 9.42. The summed E-state index contributed by atoms with van der Waals surface area (Å²) in [6, 6.07) is 10.9. The van der Waals surface area contributed by atoms with Crippen LogP contribution in [0.4, 0.5) is 31.1 Å². The summed E-state index contributed by atoms with van der Waals surface area (Å²) in [5.74, 6) is -0.457. The maximum Gasteiger partial charge on any atom is 0.416 e. The van der Waals surface area contributed by atoms with E-state index in [9.17, 15) is 41.0 Å². The third-order valence-corrected chi connectivity index (χ3v) is 9.90. The summed E-state index contributed by atoms with van der Waals surface area (Å²) in [6.45, 7) is 7.63. The van der Waals surface area contributed by atoms with Crippen LogP contribution in [0.2, 0.25) is 0 Å². The van der Waals surface area contributed by atoms with Gasteiger partial charge in [-0.15, -0.1) is 0 Å². The highest BCUT2D eigenvalue weighted by Crippen LogP contribution is 2.48. The van der Waals surface area contributed by atoms with Crippen LogP contribution in [-0.4, -0.2) is 41.8 Å². The number of amides is 1. The average molecular weight is 690 g/mol. The van der Waals surface area contributed by atoms with Crippen molar-refractivity contribution >= 4 is 17.6 Å². The van der Waals surface area contributed by atoms with Crippen LogP contribution >= 0.6 is 0 Å². The van der Waals surface area contributed by atoms with Gasteiger partial charge in [0.25, 0.3) is 0 Å². The number of cyclic esters (lactones) is 1. The molecular weight excluding hydrogens is 652 g/mol. The second kappa shape index (κ2) is 13.1. The van der Waals surface area contributed by atoms with Gasteiger partial charge in [0.1, 0.15) is 11.9 Å². The van der Waals surface area contributed by atoms with Gasteiger partial charge in [-0.3, -0.25) is 4.90 Å². The van der Waals surface area contributed by atoms with E-state index in [-0.39, 0.29) is 29.2 Å². The minimum absolute atomic E-state index is 0.0478. The molecule has 262 valence electrons. The summed E-state index contributed by atoms with van der Waals surface area (Å²) < 4.78 is 93.1. The standard InChI is InChI=1S/C37H37F6NO5/c1-6-35(4)12-11-29(30-16-22(8-10-31(30)48-5)28-9-7-23(33(45)46)13-20(28)2)25(18-35)19-44-21(3)32(49-34(44)47)24-14-26(36(38,39)40)17-27(15-24)37(41,42)43/h7-10,13-17,21,32H,6,11-12,18-19H2,1-5H3,(H,45,46)/t21-,32+,35?/m1/s1. The molecule has 0 bridgehead atoms. The molecule has 0 radical (unpaired) electrons. The van der Waals surface area contributed by atoms with Gasteiger partial charge in [0.2, 0.25) is 0 Å². The number of alkyl halides is 6. The summed E-state index contributed by atoms with van der Waals surface area (Å²) in [6.07, 6.45) is -9.42. The number of hydrogen-bond acceptors (Lipinski definition) is 4. The van der Waals surface area contributed by atoms with Crippen molar-refractivity contribution in [2.24, 2.45) is 5.41 Å². The Balaban J connectivity index is 1.56. The topological polar surface area (TPSA) is 76.1 Å². The molecule has 1 unspecified atom stereocenters. The van der Waals surface area contributed by atoms with E-state index in [0.29, 0.717) is 30.7 Å². The van der Waals surface area contributed by atoms with E-state index >= 15 is 0 Å². The maximum atomic E-state index is 13.6. The van der Waals surface area contributed by atoms with Gasteiger partial charge in [-0.25, -0.2) is 9.59 Å². The Bertz CT molecular complexity index is 1780. The molecule has 1 amide bonds. The molecule has 5 rings (SSSR count). The number of rotatable bonds is 8. The molecule has 1 fully saturated rings. The van der Waals surface area contributed by atoms with Crippen molar-refractivity contribution in [3.63, 3.8) is 0 Å². The predicted octanol–water partition coefficient (Wildman–Crippen LogP) is 10.3. The summed E-state index contributed by atoms with van der Waals surface area (Å²) in [5.41, 5.74) is 1.68. The van der Waals surface area contributed by atoms with Gasteiger partial charge in [0.05, 0.1) is 29.8 Å². The number of halogens is 6. The highest BCUT2D eigenvalue weighted by molar-refractivity contribution is 5.89. The molecule has 3 aromatic carbocycles. The average Bonchev–Trinajstić information content (AvgIpc) is 3.32. The van der Waals surface area contributed by atoms with Crippen LogP contribution in [0.5, 0.6) is 5.75 Å². The van der Waals surface area contributed by atoms with Crippen LogP contribution in [0.1, 0.15) is 90.7 Å². The van der Waals surface area contributed by atoms with Gasteiger partial charge in [-0.05, 0) is 114 Å². The summed E-state index contributed by atoms with van der Waals surface area (Å²) in [7, 11) is 1.54. The van der Waals surface area contributed by atoms with Gasteiger partial charge in [-0.2, -0.15) is 26.3 Å². The van der Waals surface area contributed by atoms with Crippen molar-refractivity contribution in [2.45, 2.75) is 77.9 Å². The van der Waals surface area contributed by atoms with Crippen molar-refractivity contribution in [2.75, 3.05) is 13.7 Å². The zero-order chi connectivity index (χ0) is 36.1. The summed E-state index contributed by atoms with van der Waals surface area (Å²) >= 11 is 0. The minimum atomic E-state index is -5.04. The van der Waals surface area contributed by atoms with E-state index in [4.69, 9.17) is 9.47 Å². The lowest BCUT2D eigenvalue weighted by atomic mass is 9.70. The monoisotopic (exact) mass is 689 g/mol. The number of methoxy groups -OCH3 is 1. The Hall–Kier alpha value is -4.48. The Morgan fingerprint density at radius 3 is 2.20 bits per heavy atom. The normalized spacial score (nSPS) is 21.6. The van der Waals surface area contributed by atoms with Crippen LogP contribution in [0.15, 0.2) is 60.2 Å². The number of carbonyl (C=O) groups excluding carboxylic acids is 1. The number of carboxylic acids is 1. The molecule has 3 atom stereocenters. The lowest BCUT2D eigenvalue weighted by Crippen LogP contribution is -2.36. The van der Waals surface area contributed by atoms with E-state index in [1.165, 1.54) is 11.0 Å². The van der Waals surface area contributed by atoms with Gasteiger partial charge < -0.3 is 14.6 Å². The van der Waals surface area contributed by atoms with Crippen molar-refractivity contribution in [3.05, 3.63) is 93.6 Å². The number of allylic oxidation sites excluding steroid dienone is 1. The Morgan fingerprint density at radius 2 is 1.65 bits per heavy atom. The van der Waals surface area contributed by atoms with Gasteiger partial charge in [0.15, 0.2) is 0 Å². The molecule has 1 saturated heterocycles. The molecule has 1 aliphatic heterocycles. The number of aromatic carboxylic acids is 1. The molecule has 3 aromatic rings. The molecule has 1 N–H and O–H groups in total. The molecule has 0 spiro atoms. The highest BCUT2D eigenvalue weighted by atomic mass is 19.4. The second-order valence-corrected chi connectivity index (χ2v) is 13.2. The fourth-order valence-corrected chi connectivity index (χ4v) is 6.83. The molecule has 6 nitrogen and oxygen atoms in total. The number of carbonyl (C=O) groups is 2. The van der Waals surface area contributed by atoms with Crippen molar-refractivity contribution in [1.82, 2.24) is 4.90 Å². The Kier molecular flexibility index (Phi) is 9.57. The lowest BCUT2D eigenvalue weighted by Gasteiger charge is -2.38. The predicted molar refractivity (Wildman–Crippen MR) is 171 cm³/mol. The van der Waals surface area contributed by atoms with Crippen LogP contribution in [0.25, 0.3) is 16.7 Å². The number of hydrogen-bond donors (Lipinski definition) is 1. The number of carboxylic acid groups (broad SMARTS) is 1. The Morgan fingerprint density at radius 1 is 1.00 bits per heavy atom. The first-order chi connectivity index (χ1) is 22.8. The number of nitrogens with zero attached hydrogens (tertiary/aromatic N) is 1. The van der Waals surface area contributed by atoms with E-state index in [1.54, 1.807) is 26.2 Å². The van der Waals surface area contributed by atoms with Crippen LogP contribution in [0, 0.1) is 12.3 Å². The van der Waals surface area contributed by atoms with Crippen LogP contribution < -0.4 is 4.74 Å². The molecule has 0 saturated carbocycles. The summed E-state index contributed by atoms with van der Waals surface area (Å²) in [4.78, 5) is 26.2. The SMILES string of the molecule is CCC1(C)CCC(c2cc(-c3ccc(C(=O)O)cc3C)ccc2OC)=C(CN2C(=O)O[C@H](c3cc(C(F)(F)F)cc(C(F)(F)F)c3)[C@H]2C)C1. The first kappa shape index (κ1) is 35.8. The van der Waals surface area contributed by atoms with Crippen LogP contribution in [-0.2, 0) is 17.1 Å². The van der Waals surface area contributed by atoms with Gasteiger partial charge in [-0.1, -0.05) is 32.4 Å². The van der Waals surface area contributed by atoms with Gasteiger partial charge in [0, 0.05) is 12.1 Å². The minimum Gasteiger partial charge on any atom is -0.496 e.